The number of anilines is 2. The highest BCUT2D eigenvalue weighted by molar-refractivity contribution is 5.90. The molecule has 4 amide bonds. The van der Waals surface area contributed by atoms with E-state index < -0.39 is 12.1 Å². The number of nitrogens with zero attached hydrogens (tertiary/aromatic N) is 8. The number of likely N-dealkylation sites (tertiary alicyclic amines) is 2. The molecule has 0 bridgehead atoms. The Labute approximate surface area is 481 Å². The molecule has 20 nitrogen and oxygen atoms in total. The molecule has 0 aliphatic carbocycles. The number of urea groups is 2. The van der Waals surface area contributed by atoms with Crippen molar-refractivity contribution in [2.75, 3.05) is 49.9 Å². The van der Waals surface area contributed by atoms with E-state index in [-0.39, 0.29) is 57.6 Å². The molecule has 82 heavy (non-hydrogen) atoms. The number of rotatable bonds is 10. The Morgan fingerprint density at radius 1 is 0.683 bits per heavy atom. The van der Waals surface area contributed by atoms with Crippen LogP contribution in [0.4, 0.5) is 39.8 Å². The van der Waals surface area contributed by atoms with Crippen LogP contribution in [0.3, 0.4) is 0 Å². The number of pyridine rings is 3. The second-order valence-corrected chi connectivity index (χ2v) is 17.7. The summed E-state index contributed by atoms with van der Waals surface area (Å²) in [5.41, 5.74) is 12.4. The quantitative estimate of drug-likeness (QED) is 0.0630. The molecule has 436 valence electrons. The maximum absolute atomic E-state index is 12.3. The monoisotopic (exact) mass is 1150 g/mol. The van der Waals surface area contributed by atoms with Crippen LogP contribution in [0.15, 0.2) is 132 Å². The van der Waals surface area contributed by atoms with Crippen LogP contribution in [-0.2, 0) is 16.1 Å². The second-order valence-electron chi connectivity index (χ2n) is 17.7. The SMILES string of the molecule is C.C.Cc1cc(C#N)cc(O[C@@H]2CCN(C(=O)Nc3ccccc3)C2)n1.Cc1cc(C#N)cc(O[C@@H]2CCNC2)n1.Cc1cc(CN)cc(O[C@@H]2CCN(C(=O)Nc3ccccc3)C2)n1.Cl.O=C(O)C(F)(F)F.O=C=Nc1ccccc1. The average Bonchev–Trinajstić information content (AvgIpc) is 4.29. The molecule has 6 aromatic rings. The molecule has 3 atom stereocenters. The Morgan fingerprint density at radius 3 is 1.46 bits per heavy atom. The van der Waals surface area contributed by atoms with Crippen molar-refractivity contribution in [2.24, 2.45) is 10.7 Å². The maximum Gasteiger partial charge on any atom is 0.490 e. The topological polar surface area (TPSA) is 283 Å². The van der Waals surface area contributed by atoms with E-state index in [1.165, 1.54) is 6.08 Å². The van der Waals surface area contributed by atoms with Gasteiger partial charge in [0, 0.05) is 85.7 Å². The minimum absolute atomic E-state index is 0. The van der Waals surface area contributed by atoms with E-state index in [1.54, 1.807) is 46.2 Å². The van der Waals surface area contributed by atoms with Crippen LogP contribution in [0.1, 0.15) is 67.9 Å². The molecule has 0 saturated carbocycles. The van der Waals surface area contributed by atoms with Crippen molar-refractivity contribution in [3.63, 3.8) is 0 Å². The first-order valence-electron chi connectivity index (χ1n) is 24.7. The molecule has 9 rings (SSSR count). The number of ether oxygens (including phenoxy) is 3. The van der Waals surface area contributed by atoms with Gasteiger partial charge in [0.15, 0.2) is 0 Å². The third-order valence-corrected chi connectivity index (χ3v) is 11.3. The van der Waals surface area contributed by atoms with Crippen molar-refractivity contribution < 1.29 is 51.7 Å². The lowest BCUT2D eigenvalue weighted by Crippen LogP contribution is -2.34. The number of isocyanates is 1. The molecule has 3 saturated heterocycles. The smallest absolute Gasteiger partial charge is 0.475 e. The largest absolute Gasteiger partial charge is 0.490 e. The van der Waals surface area contributed by atoms with Gasteiger partial charge in [0.25, 0.3) is 0 Å². The lowest BCUT2D eigenvalue weighted by Gasteiger charge is -2.18. The summed E-state index contributed by atoms with van der Waals surface area (Å²) in [5.74, 6) is -1.19. The number of alkyl halides is 3. The number of carbonyl (C=O) groups is 3. The average molecular weight is 1150 g/mol. The van der Waals surface area contributed by atoms with Crippen LogP contribution >= 0.6 is 12.4 Å². The molecule has 0 spiro atoms. The molecular weight excluding hydrogens is 1090 g/mol. The molecule has 6 N–H and O–H groups in total. The van der Waals surface area contributed by atoms with E-state index in [9.17, 15) is 27.6 Å². The minimum Gasteiger partial charge on any atom is -0.475 e. The summed E-state index contributed by atoms with van der Waals surface area (Å²) < 4.78 is 49.2. The number of hydrogen-bond donors (Lipinski definition) is 5. The number of carboxylic acids is 1. The number of carbonyl (C=O) groups excluding carboxylic acids is 3. The number of benzene rings is 3. The predicted molar refractivity (Wildman–Crippen MR) is 307 cm³/mol. The first kappa shape index (κ1) is 69.0. The summed E-state index contributed by atoms with van der Waals surface area (Å²) in [6, 6.07) is 42.3. The third-order valence-electron chi connectivity index (χ3n) is 11.3. The van der Waals surface area contributed by atoms with Gasteiger partial charge in [0.05, 0.1) is 42.0 Å². The molecule has 6 heterocycles. The van der Waals surface area contributed by atoms with Crippen LogP contribution in [-0.4, -0.2) is 118 Å². The summed E-state index contributed by atoms with van der Waals surface area (Å²) in [5, 5.41) is 33.9. The van der Waals surface area contributed by atoms with Gasteiger partial charge >= 0.3 is 24.2 Å². The molecule has 3 aliphatic rings. The zero-order valence-electron chi connectivity index (χ0n) is 43.9. The first-order valence-corrected chi connectivity index (χ1v) is 24.7. The number of nitriles is 2. The molecule has 3 aliphatic heterocycles. The lowest BCUT2D eigenvalue weighted by molar-refractivity contribution is -0.192. The molecular formula is C58H68ClF3N12O8. The minimum atomic E-state index is -5.08. The fourth-order valence-electron chi connectivity index (χ4n) is 7.67. The molecule has 0 unspecified atom stereocenters. The molecule has 3 fully saturated rings. The van der Waals surface area contributed by atoms with Gasteiger partial charge in [-0.25, -0.2) is 34.1 Å². The van der Waals surface area contributed by atoms with Crippen molar-refractivity contribution in [1.82, 2.24) is 30.1 Å². The third kappa shape index (κ3) is 24.5. The van der Waals surface area contributed by atoms with E-state index in [0.29, 0.717) is 67.2 Å². The number of aromatic nitrogens is 3. The second kappa shape index (κ2) is 35.5. The van der Waals surface area contributed by atoms with Gasteiger partial charge in [-0.1, -0.05) is 69.5 Å². The fraction of sp³-hybridized carbons (Fsp3) is 0.328. The van der Waals surface area contributed by atoms with Gasteiger partial charge in [0.2, 0.25) is 23.7 Å². The van der Waals surface area contributed by atoms with Crippen molar-refractivity contribution in [3.05, 3.63) is 161 Å². The van der Waals surface area contributed by atoms with Gasteiger partial charge in [-0.05, 0) is 93.9 Å². The number of nitrogens with one attached hydrogen (secondary N) is 3. The first-order chi connectivity index (χ1) is 37.9. The number of para-hydroxylation sites is 3. The zero-order valence-corrected chi connectivity index (χ0v) is 44.7. The standard InChI is InChI=1S/C18H22N4O2.C18H18N4O2.C11H13N3O.C7H5NO.C2HF3O2.2CH4.ClH/c2*1-13-9-14(11-19)10-17(20-13)24-16-7-8-22(12-16)18(23)21-15-5-3-2-4-6-15;1-8-4-9(6-12)5-11(14-8)15-10-2-3-13-7-10;9-6-8-7-4-2-1-3-5-7;3-2(4,5)1(6)7;;;/h2-6,9-10,16H,7-8,11-12,19H2,1H3,(H,21,23);2-6,9-10,16H,7-8,12H2,1H3,(H,21,23);4-5,10,13H,2-3,7H2,1H3;1-5H;(H,6,7);2*1H4;1H/t2*16-;10-;;;;;/m111...../s1. The Hall–Kier alpha value is -9.12. The molecule has 3 aromatic carbocycles. The van der Waals surface area contributed by atoms with Crippen LogP contribution in [0.25, 0.3) is 0 Å². The van der Waals surface area contributed by atoms with Gasteiger partial charge < -0.3 is 50.8 Å². The molecule has 0 radical (unpaired) electrons. The summed E-state index contributed by atoms with van der Waals surface area (Å²) >= 11 is 0. The number of amides is 4. The zero-order chi connectivity index (χ0) is 57.2. The number of carboxylic acid groups (broad SMARTS) is 1. The highest BCUT2D eigenvalue weighted by Crippen LogP contribution is 2.22. The van der Waals surface area contributed by atoms with Gasteiger partial charge in [-0.2, -0.15) is 28.7 Å². The van der Waals surface area contributed by atoms with E-state index in [2.05, 4.69) is 48.0 Å². The number of aliphatic imine (C=N–C) groups is 1. The van der Waals surface area contributed by atoms with Gasteiger partial charge in [0.1, 0.15) is 18.3 Å². The van der Waals surface area contributed by atoms with Crippen molar-refractivity contribution >= 4 is 53.6 Å². The Morgan fingerprint density at radius 2 is 1.09 bits per heavy atom. The van der Waals surface area contributed by atoms with E-state index >= 15 is 0 Å². The van der Waals surface area contributed by atoms with Crippen molar-refractivity contribution in [2.45, 2.75) is 85.9 Å². The van der Waals surface area contributed by atoms with Crippen LogP contribution < -0.4 is 35.9 Å². The van der Waals surface area contributed by atoms with Crippen LogP contribution in [0.5, 0.6) is 17.6 Å². The highest BCUT2D eigenvalue weighted by atomic mass is 35.5. The molecule has 3 aromatic heterocycles. The van der Waals surface area contributed by atoms with E-state index in [0.717, 1.165) is 66.4 Å². The number of nitrogens with two attached hydrogens (primary N) is 1. The Bertz CT molecular complexity index is 3070. The number of aliphatic carboxylic acids is 1. The predicted octanol–water partition coefficient (Wildman–Crippen LogP) is 10.5. The summed E-state index contributed by atoms with van der Waals surface area (Å²) in [6.07, 6.45) is -1.09. The summed E-state index contributed by atoms with van der Waals surface area (Å²) in [6.45, 7) is 10.2. The Balaban J connectivity index is 0.000000370. The number of halogens is 4. The summed E-state index contributed by atoms with van der Waals surface area (Å²) in [4.78, 5) is 62.9. The van der Waals surface area contributed by atoms with Gasteiger partial charge in [-0.3, -0.25) is 0 Å². The lowest BCUT2D eigenvalue weighted by atomic mass is 10.2. The van der Waals surface area contributed by atoms with Gasteiger partial charge in [-0.15, -0.1) is 12.4 Å². The highest BCUT2D eigenvalue weighted by Gasteiger charge is 2.38. The number of aryl methyl sites for hydroxylation is 3. The van der Waals surface area contributed by atoms with E-state index in [4.69, 9.17) is 40.4 Å². The Kier molecular flexibility index (Phi) is 29.9. The van der Waals surface area contributed by atoms with Crippen molar-refractivity contribution in [1.29, 1.82) is 10.5 Å². The van der Waals surface area contributed by atoms with Crippen LogP contribution in [0.2, 0.25) is 0 Å². The fourth-order valence-corrected chi connectivity index (χ4v) is 7.67. The normalized spacial score (nSPS) is 15.3. The van der Waals surface area contributed by atoms with E-state index in [1.807, 2.05) is 112 Å². The summed E-state index contributed by atoms with van der Waals surface area (Å²) in [7, 11) is 0. The molecule has 24 heteroatoms. The van der Waals surface area contributed by atoms with Crippen LogP contribution in [0, 0.1) is 43.4 Å². The maximum atomic E-state index is 12.3. The van der Waals surface area contributed by atoms with Crippen molar-refractivity contribution in [3.8, 4) is 29.8 Å². The number of hydrogen-bond acceptors (Lipinski definition) is 15.